The molecule has 0 saturated carbocycles. The molecule has 0 atom stereocenters. The molecule has 0 bridgehead atoms. The van der Waals surface area contributed by atoms with E-state index in [9.17, 15) is 4.79 Å². The van der Waals surface area contributed by atoms with Crippen LogP contribution in [-0.2, 0) is 0 Å². The van der Waals surface area contributed by atoms with Gasteiger partial charge in [-0.25, -0.2) is 4.79 Å². The number of hydrogen-bond acceptors (Lipinski definition) is 2. The summed E-state index contributed by atoms with van der Waals surface area (Å²) in [5, 5.41) is 3.02. The van der Waals surface area contributed by atoms with Gasteiger partial charge in [-0.2, -0.15) is 0 Å². The Labute approximate surface area is 118 Å². The van der Waals surface area contributed by atoms with E-state index in [2.05, 4.69) is 44.8 Å². The van der Waals surface area contributed by atoms with E-state index >= 15 is 0 Å². The zero-order chi connectivity index (χ0) is 14.5. The summed E-state index contributed by atoms with van der Waals surface area (Å²) >= 11 is 0. The van der Waals surface area contributed by atoms with Crippen molar-refractivity contribution in [1.29, 1.82) is 0 Å². The summed E-state index contributed by atoms with van der Waals surface area (Å²) in [7, 11) is 0. The normalized spacial score (nSPS) is 17.9. The van der Waals surface area contributed by atoms with E-state index in [1.54, 1.807) is 0 Å². The highest BCUT2D eigenvalue weighted by atomic mass is 16.2. The molecule has 112 valence electrons. The summed E-state index contributed by atoms with van der Waals surface area (Å²) in [6, 6.07) is 0.107. The molecule has 1 aliphatic heterocycles. The molecule has 1 aliphatic rings. The van der Waals surface area contributed by atoms with Gasteiger partial charge in [0.2, 0.25) is 0 Å². The van der Waals surface area contributed by atoms with Gasteiger partial charge in [0.1, 0.15) is 0 Å². The minimum atomic E-state index is 0.107. The fraction of sp³-hybridized carbons (Fsp3) is 0.933. The van der Waals surface area contributed by atoms with Crippen molar-refractivity contribution in [3.8, 4) is 0 Å². The summed E-state index contributed by atoms with van der Waals surface area (Å²) in [5.74, 6) is 0.643. The maximum Gasteiger partial charge on any atom is 0.317 e. The van der Waals surface area contributed by atoms with Gasteiger partial charge >= 0.3 is 6.03 Å². The molecule has 0 unspecified atom stereocenters. The number of amides is 2. The van der Waals surface area contributed by atoms with Gasteiger partial charge in [-0.1, -0.05) is 34.6 Å². The summed E-state index contributed by atoms with van der Waals surface area (Å²) in [6.07, 6.45) is 1.05. The SMILES string of the molecule is CC(C)CCNC(=O)N1CCN(CC(C)(C)C)CC1. The fourth-order valence-electron chi connectivity index (χ4n) is 2.36. The Hall–Kier alpha value is -0.770. The minimum Gasteiger partial charge on any atom is -0.338 e. The number of piperazine rings is 1. The van der Waals surface area contributed by atoms with Gasteiger partial charge in [-0.15, -0.1) is 0 Å². The van der Waals surface area contributed by atoms with Gasteiger partial charge < -0.3 is 10.2 Å². The maximum absolute atomic E-state index is 12.0. The highest BCUT2D eigenvalue weighted by molar-refractivity contribution is 5.74. The predicted octanol–water partition coefficient (Wildman–Crippen LogP) is 2.41. The maximum atomic E-state index is 12.0. The molecule has 19 heavy (non-hydrogen) atoms. The first-order valence-corrected chi connectivity index (χ1v) is 7.53. The van der Waals surface area contributed by atoms with Crippen molar-refractivity contribution in [1.82, 2.24) is 15.1 Å². The number of hydrogen-bond donors (Lipinski definition) is 1. The van der Waals surface area contributed by atoms with E-state index in [1.165, 1.54) is 0 Å². The lowest BCUT2D eigenvalue weighted by molar-refractivity contribution is 0.113. The zero-order valence-corrected chi connectivity index (χ0v) is 13.3. The van der Waals surface area contributed by atoms with Crippen LogP contribution in [0.2, 0.25) is 0 Å². The number of rotatable bonds is 4. The lowest BCUT2D eigenvalue weighted by Gasteiger charge is -2.37. The van der Waals surface area contributed by atoms with Crippen LogP contribution >= 0.6 is 0 Å². The van der Waals surface area contributed by atoms with Gasteiger partial charge in [0.15, 0.2) is 0 Å². The summed E-state index contributed by atoms with van der Waals surface area (Å²) in [6.45, 7) is 16.7. The predicted molar refractivity (Wildman–Crippen MR) is 80.3 cm³/mol. The Kier molecular flexibility index (Phi) is 6.11. The summed E-state index contributed by atoms with van der Waals surface area (Å²) < 4.78 is 0. The second kappa shape index (κ2) is 7.13. The van der Waals surface area contributed by atoms with Crippen LogP contribution in [0.1, 0.15) is 41.0 Å². The molecular weight excluding hydrogens is 238 g/mol. The molecule has 0 radical (unpaired) electrons. The molecule has 0 aliphatic carbocycles. The van der Waals surface area contributed by atoms with Gasteiger partial charge in [0.25, 0.3) is 0 Å². The molecule has 1 N–H and O–H groups in total. The average Bonchev–Trinajstić information content (AvgIpc) is 2.27. The molecule has 0 aromatic carbocycles. The molecule has 0 aromatic heterocycles. The van der Waals surface area contributed by atoms with Gasteiger partial charge in [-0.3, -0.25) is 4.90 Å². The van der Waals surface area contributed by atoms with Crippen LogP contribution in [0.3, 0.4) is 0 Å². The van der Waals surface area contributed by atoms with Crippen molar-refractivity contribution in [2.75, 3.05) is 39.3 Å². The average molecular weight is 269 g/mol. The van der Waals surface area contributed by atoms with Crippen molar-refractivity contribution in [2.24, 2.45) is 11.3 Å². The highest BCUT2D eigenvalue weighted by Crippen LogP contribution is 2.16. The van der Waals surface area contributed by atoms with Crippen LogP contribution in [0.4, 0.5) is 4.79 Å². The summed E-state index contributed by atoms with van der Waals surface area (Å²) in [5.41, 5.74) is 0.335. The topological polar surface area (TPSA) is 35.6 Å². The van der Waals surface area contributed by atoms with E-state index in [4.69, 9.17) is 0 Å². The van der Waals surface area contributed by atoms with Crippen LogP contribution in [0, 0.1) is 11.3 Å². The van der Waals surface area contributed by atoms with Crippen molar-refractivity contribution in [3.05, 3.63) is 0 Å². The van der Waals surface area contributed by atoms with E-state index in [0.717, 1.165) is 45.7 Å². The Morgan fingerprint density at radius 3 is 2.21 bits per heavy atom. The molecule has 0 spiro atoms. The van der Waals surface area contributed by atoms with Crippen LogP contribution in [0.5, 0.6) is 0 Å². The first-order chi connectivity index (χ1) is 8.78. The van der Waals surface area contributed by atoms with E-state index < -0.39 is 0 Å². The number of carbonyl (C=O) groups is 1. The number of carbonyl (C=O) groups excluding carboxylic acids is 1. The first kappa shape index (κ1) is 16.3. The fourth-order valence-corrected chi connectivity index (χ4v) is 2.36. The smallest absolute Gasteiger partial charge is 0.317 e. The van der Waals surface area contributed by atoms with Crippen LogP contribution in [0.15, 0.2) is 0 Å². The van der Waals surface area contributed by atoms with Gasteiger partial charge in [-0.05, 0) is 17.8 Å². The van der Waals surface area contributed by atoms with Crippen molar-refractivity contribution >= 4 is 6.03 Å². The summed E-state index contributed by atoms with van der Waals surface area (Å²) in [4.78, 5) is 16.4. The van der Waals surface area contributed by atoms with E-state index in [1.807, 2.05) is 4.90 Å². The van der Waals surface area contributed by atoms with Crippen molar-refractivity contribution in [2.45, 2.75) is 41.0 Å². The molecule has 1 saturated heterocycles. The quantitative estimate of drug-likeness (QED) is 0.850. The molecule has 4 nitrogen and oxygen atoms in total. The molecule has 4 heteroatoms. The number of urea groups is 1. The van der Waals surface area contributed by atoms with Crippen LogP contribution in [-0.4, -0.2) is 55.1 Å². The lowest BCUT2D eigenvalue weighted by Crippen LogP contribution is -2.53. The molecular formula is C15H31N3O. The highest BCUT2D eigenvalue weighted by Gasteiger charge is 2.23. The second-order valence-corrected chi connectivity index (χ2v) is 7.24. The van der Waals surface area contributed by atoms with E-state index in [0.29, 0.717) is 11.3 Å². The standard InChI is InChI=1S/C15H31N3O/c1-13(2)6-7-16-14(19)18-10-8-17(9-11-18)12-15(3,4)5/h13H,6-12H2,1-5H3,(H,16,19). The zero-order valence-electron chi connectivity index (χ0n) is 13.3. The second-order valence-electron chi connectivity index (χ2n) is 7.24. The molecule has 0 aromatic rings. The molecule has 1 fully saturated rings. The Bertz CT molecular complexity index is 276. The van der Waals surface area contributed by atoms with Gasteiger partial charge in [0.05, 0.1) is 0 Å². The third-order valence-corrected chi connectivity index (χ3v) is 3.36. The minimum absolute atomic E-state index is 0.107. The van der Waals surface area contributed by atoms with Crippen molar-refractivity contribution < 1.29 is 4.79 Å². The van der Waals surface area contributed by atoms with E-state index in [-0.39, 0.29) is 6.03 Å². The lowest BCUT2D eigenvalue weighted by atomic mass is 9.96. The van der Waals surface area contributed by atoms with Gasteiger partial charge in [0, 0.05) is 39.3 Å². The first-order valence-electron chi connectivity index (χ1n) is 7.53. The molecule has 1 heterocycles. The monoisotopic (exact) mass is 269 g/mol. The Morgan fingerprint density at radius 2 is 1.74 bits per heavy atom. The third kappa shape index (κ3) is 6.81. The number of nitrogens with one attached hydrogen (secondary N) is 1. The largest absolute Gasteiger partial charge is 0.338 e. The third-order valence-electron chi connectivity index (χ3n) is 3.36. The molecule has 1 rings (SSSR count). The molecule has 2 amide bonds. The van der Waals surface area contributed by atoms with Crippen LogP contribution in [0.25, 0.3) is 0 Å². The van der Waals surface area contributed by atoms with Crippen molar-refractivity contribution in [3.63, 3.8) is 0 Å². The Balaban J connectivity index is 2.23. The Morgan fingerprint density at radius 1 is 1.16 bits per heavy atom. The van der Waals surface area contributed by atoms with Crippen LogP contribution < -0.4 is 5.32 Å². The number of nitrogens with zero attached hydrogens (tertiary/aromatic N) is 2.